The number of thiophene rings is 1. The molecule has 0 spiro atoms. The number of rotatable bonds is 6. The average molecular weight is 404 g/mol. The van der Waals surface area contributed by atoms with Gasteiger partial charge in [0.05, 0.1) is 4.90 Å². The second-order valence-corrected chi connectivity index (χ2v) is 9.19. The second-order valence-electron chi connectivity index (χ2n) is 6.08. The first-order chi connectivity index (χ1) is 12.9. The van der Waals surface area contributed by atoms with Crippen molar-refractivity contribution in [3.8, 4) is 0 Å². The van der Waals surface area contributed by atoms with Crippen molar-refractivity contribution < 1.29 is 17.6 Å². The van der Waals surface area contributed by atoms with Gasteiger partial charge in [0, 0.05) is 17.0 Å². The van der Waals surface area contributed by atoms with Crippen molar-refractivity contribution in [2.24, 2.45) is 0 Å². The quantitative estimate of drug-likeness (QED) is 0.673. The third kappa shape index (κ3) is 4.43. The van der Waals surface area contributed by atoms with E-state index in [2.05, 4.69) is 5.32 Å². The number of hydrogen-bond donors (Lipinski definition) is 1. The van der Waals surface area contributed by atoms with E-state index < -0.39 is 26.8 Å². The number of hydrogen-bond acceptors (Lipinski definition) is 4. The summed E-state index contributed by atoms with van der Waals surface area (Å²) in [5.74, 6) is -0.888. The van der Waals surface area contributed by atoms with Crippen LogP contribution < -0.4 is 5.32 Å². The molecule has 1 amide bonds. The van der Waals surface area contributed by atoms with Gasteiger partial charge in [-0.05, 0) is 54.8 Å². The first kappa shape index (κ1) is 19.3. The van der Waals surface area contributed by atoms with E-state index in [-0.39, 0.29) is 17.0 Å². The molecule has 0 saturated carbocycles. The highest BCUT2D eigenvalue weighted by Crippen LogP contribution is 2.31. The topological polar surface area (TPSA) is 63.2 Å². The molecule has 0 radical (unpaired) electrons. The van der Waals surface area contributed by atoms with Gasteiger partial charge in [-0.3, -0.25) is 4.79 Å². The maximum Gasteiger partial charge on any atom is 0.251 e. The largest absolute Gasteiger partial charge is 0.350 e. The summed E-state index contributed by atoms with van der Waals surface area (Å²) >= 11 is 1.33. The molecular weight excluding hydrogens is 385 g/mol. The predicted octanol–water partition coefficient (Wildman–Crippen LogP) is 4.14. The number of sulfone groups is 1. The Morgan fingerprint density at radius 1 is 1.07 bits per heavy atom. The molecule has 0 fully saturated rings. The van der Waals surface area contributed by atoms with Gasteiger partial charge in [0.25, 0.3) is 5.91 Å². The molecule has 0 aliphatic carbocycles. The molecule has 0 bridgehead atoms. The van der Waals surface area contributed by atoms with Crippen LogP contribution in [0, 0.1) is 12.7 Å². The zero-order valence-electron chi connectivity index (χ0n) is 14.6. The highest BCUT2D eigenvalue weighted by atomic mass is 32.2. The lowest BCUT2D eigenvalue weighted by molar-refractivity contribution is 0.0953. The van der Waals surface area contributed by atoms with E-state index in [9.17, 15) is 17.6 Å². The van der Waals surface area contributed by atoms with Crippen LogP contribution in [0.2, 0.25) is 0 Å². The summed E-state index contributed by atoms with van der Waals surface area (Å²) in [5.41, 5.74) is 1.24. The molecule has 0 aliphatic rings. The van der Waals surface area contributed by atoms with Gasteiger partial charge in [-0.15, -0.1) is 11.3 Å². The first-order valence-electron chi connectivity index (χ1n) is 8.25. The van der Waals surface area contributed by atoms with Crippen LogP contribution in [0.4, 0.5) is 4.39 Å². The molecule has 0 saturated heterocycles. The zero-order valence-corrected chi connectivity index (χ0v) is 16.2. The van der Waals surface area contributed by atoms with E-state index in [1.807, 2.05) is 6.92 Å². The third-order valence-corrected chi connectivity index (χ3v) is 7.37. The van der Waals surface area contributed by atoms with Gasteiger partial charge in [0.1, 0.15) is 11.1 Å². The number of aryl methyl sites for hydroxylation is 1. The first-order valence-corrected chi connectivity index (χ1v) is 10.7. The molecule has 3 aromatic rings. The molecule has 4 nitrogen and oxygen atoms in total. The standard InChI is InChI=1S/C20H18FNO3S2/c1-14-4-10-17(11-5-14)27(24,25)19(18-3-2-12-26-18)13-22-20(23)15-6-8-16(21)9-7-15/h2-12,19H,13H2,1H3,(H,22,23). The molecule has 3 rings (SSSR count). The molecule has 1 heterocycles. The van der Waals surface area contributed by atoms with Gasteiger partial charge in [-0.25, -0.2) is 12.8 Å². The Hall–Kier alpha value is -2.51. The van der Waals surface area contributed by atoms with E-state index in [0.717, 1.165) is 5.56 Å². The highest BCUT2D eigenvalue weighted by Gasteiger charge is 2.30. The van der Waals surface area contributed by atoms with E-state index >= 15 is 0 Å². The maximum absolute atomic E-state index is 13.1. The molecule has 2 aromatic carbocycles. The molecule has 1 N–H and O–H groups in total. The molecule has 27 heavy (non-hydrogen) atoms. The highest BCUT2D eigenvalue weighted by molar-refractivity contribution is 7.91. The summed E-state index contributed by atoms with van der Waals surface area (Å²) in [6.07, 6.45) is 0. The van der Waals surface area contributed by atoms with E-state index in [4.69, 9.17) is 0 Å². The van der Waals surface area contributed by atoms with E-state index in [1.54, 1.807) is 41.8 Å². The smallest absolute Gasteiger partial charge is 0.251 e. The van der Waals surface area contributed by atoms with Crippen LogP contribution in [0.5, 0.6) is 0 Å². The Kier molecular flexibility index (Phi) is 5.72. The molecule has 140 valence electrons. The molecule has 7 heteroatoms. The van der Waals surface area contributed by atoms with Crippen molar-refractivity contribution in [1.29, 1.82) is 0 Å². The van der Waals surface area contributed by atoms with Crippen LogP contribution >= 0.6 is 11.3 Å². The third-order valence-electron chi connectivity index (χ3n) is 4.14. The Morgan fingerprint density at radius 3 is 2.33 bits per heavy atom. The van der Waals surface area contributed by atoms with Gasteiger partial charge in [-0.1, -0.05) is 23.8 Å². The fourth-order valence-corrected chi connectivity index (χ4v) is 5.40. The Morgan fingerprint density at radius 2 is 1.74 bits per heavy atom. The lowest BCUT2D eigenvalue weighted by atomic mass is 10.2. The average Bonchev–Trinajstić information content (AvgIpc) is 3.16. The summed E-state index contributed by atoms with van der Waals surface area (Å²) < 4.78 is 39.3. The van der Waals surface area contributed by atoms with Crippen molar-refractivity contribution >= 4 is 27.1 Å². The minimum atomic E-state index is -3.69. The van der Waals surface area contributed by atoms with Crippen molar-refractivity contribution in [2.75, 3.05) is 6.54 Å². The molecular formula is C20H18FNO3S2. The van der Waals surface area contributed by atoms with Crippen LogP contribution in [0.15, 0.2) is 70.9 Å². The Labute approximate surface area is 161 Å². The molecule has 1 aromatic heterocycles. The van der Waals surface area contributed by atoms with Crippen molar-refractivity contribution in [3.05, 3.63) is 87.9 Å². The normalized spacial score (nSPS) is 12.5. The van der Waals surface area contributed by atoms with Gasteiger partial charge in [0.15, 0.2) is 9.84 Å². The molecule has 0 aliphatic heterocycles. The number of benzene rings is 2. The molecule has 1 unspecified atom stereocenters. The fraction of sp³-hybridized carbons (Fsp3) is 0.150. The number of carbonyl (C=O) groups is 1. The summed E-state index contributed by atoms with van der Waals surface area (Å²) in [6, 6.07) is 15.3. The summed E-state index contributed by atoms with van der Waals surface area (Å²) in [6.45, 7) is 1.81. The number of carbonyl (C=O) groups excluding carboxylic acids is 1. The predicted molar refractivity (Wildman–Crippen MR) is 104 cm³/mol. The Bertz CT molecular complexity index is 1010. The molecule has 1 atom stereocenters. The van der Waals surface area contributed by atoms with Gasteiger partial charge in [-0.2, -0.15) is 0 Å². The number of amides is 1. The monoisotopic (exact) mass is 403 g/mol. The fourth-order valence-electron chi connectivity index (χ4n) is 2.62. The Balaban J connectivity index is 1.85. The summed E-state index contributed by atoms with van der Waals surface area (Å²) in [5, 5.41) is 3.56. The van der Waals surface area contributed by atoms with Crippen molar-refractivity contribution in [2.45, 2.75) is 17.1 Å². The zero-order chi connectivity index (χ0) is 19.4. The summed E-state index contributed by atoms with van der Waals surface area (Å²) in [4.78, 5) is 13.2. The summed E-state index contributed by atoms with van der Waals surface area (Å²) in [7, 11) is -3.69. The number of halogens is 1. The second kappa shape index (κ2) is 8.02. The lowest BCUT2D eigenvalue weighted by Gasteiger charge is -2.17. The maximum atomic E-state index is 13.1. The van der Waals surface area contributed by atoms with Gasteiger partial charge >= 0.3 is 0 Å². The van der Waals surface area contributed by atoms with Gasteiger partial charge < -0.3 is 5.32 Å². The van der Waals surface area contributed by atoms with Crippen molar-refractivity contribution in [3.63, 3.8) is 0 Å². The van der Waals surface area contributed by atoms with Crippen molar-refractivity contribution in [1.82, 2.24) is 5.32 Å². The SMILES string of the molecule is Cc1ccc(S(=O)(=O)C(CNC(=O)c2ccc(F)cc2)c2cccs2)cc1. The van der Waals surface area contributed by atoms with Crippen LogP contribution in [-0.2, 0) is 9.84 Å². The van der Waals surface area contributed by atoms with Crippen LogP contribution in [0.3, 0.4) is 0 Å². The lowest BCUT2D eigenvalue weighted by Crippen LogP contribution is -2.31. The number of nitrogens with one attached hydrogen (secondary N) is 1. The van der Waals surface area contributed by atoms with Crippen LogP contribution in [0.25, 0.3) is 0 Å². The van der Waals surface area contributed by atoms with Gasteiger partial charge in [0.2, 0.25) is 0 Å². The minimum Gasteiger partial charge on any atom is -0.350 e. The van der Waals surface area contributed by atoms with Crippen LogP contribution in [-0.4, -0.2) is 20.9 Å². The van der Waals surface area contributed by atoms with E-state index in [1.165, 1.54) is 35.6 Å². The van der Waals surface area contributed by atoms with Crippen LogP contribution in [0.1, 0.15) is 26.0 Å². The van der Waals surface area contributed by atoms with E-state index in [0.29, 0.717) is 4.88 Å². The minimum absolute atomic E-state index is 0.0765.